The van der Waals surface area contributed by atoms with Gasteiger partial charge in [-0.25, -0.2) is 13.2 Å². The number of fused-ring (bicyclic) bond motifs is 1. The molecule has 6 nitrogen and oxygen atoms in total. The fourth-order valence-electron chi connectivity index (χ4n) is 2.56. The molecule has 0 saturated heterocycles. The van der Waals surface area contributed by atoms with Crippen LogP contribution in [0.1, 0.15) is 24.2 Å². The van der Waals surface area contributed by atoms with Crippen molar-refractivity contribution in [2.45, 2.75) is 23.6 Å². The summed E-state index contributed by atoms with van der Waals surface area (Å²) < 4.78 is 32.6. The van der Waals surface area contributed by atoms with Gasteiger partial charge >= 0.3 is 5.97 Å². The van der Waals surface area contributed by atoms with Gasteiger partial charge in [-0.3, -0.25) is 4.72 Å². The summed E-state index contributed by atoms with van der Waals surface area (Å²) in [4.78, 5) is 12.5. The molecule has 0 saturated carbocycles. The predicted octanol–water partition coefficient (Wildman–Crippen LogP) is 5.68. The smallest absolute Gasteiger partial charge is 0.339 e. The Morgan fingerprint density at radius 3 is 2.43 bits per heavy atom. The third-order valence-electron chi connectivity index (χ3n) is 3.88. The minimum absolute atomic E-state index is 0.0497. The van der Waals surface area contributed by atoms with Crippen LogP contribution in [0.15, 0.2) is 64.4 Å². The van der Waals surface area contributed by atoms with Crippen molar-refractivity contribution in [2.24, 2.45) is 0 Å². The lowest BCUT2D eigenvalue weighted by molar-refractivity contribution is 0.0601. The van der Waals surface area contributed by atoms with Gasteiger partial charge < -0.3 is 4.74 Å². The van der Waals surface area contributed by atoms with Crippen molar-refractivity contribution in [3.8, 4) is 5.40 Å². The van der Waals surface area contributed by atoms with Crippen LogP contribution in [-0.2, 0) is 14.8 Å². The number of nitriles is 1. The molecule has 0 unspecified atom stereocenters. The molecule has 0 aliphatic heterocycles. The lowest BCUT2D eigenvalue weighted by Gasteiger charge is -2.11. The van der Waals surface area contributed by atoms with E-state index < -0.39 is 16.0 Å². The maximum Gasteiger partial charge on any atom is 0.339 e. The topological polar surface area (TPSA) is 96.3 Å². The van der Waals surface area contributed by atoms with Gasteiger partial charge in [0, 0.05) is 10.6 Å². The van der Waals surface area contributed by atoms with E-state index in [-0.39, 0.29) is 21.2 Å². The minimum atomic E-state index is -3.91. The summed E-state index contributed by atoms with van der Waals surface area (Å²) in [5, 5.41) is 12.5. The zero-order valence-electron chi connectivity index (χ0n) is 16.5. The van der Waals surface area contributed by atoms with Crippen LogP contribution < -0.4 is 4.72 Å². The summed E-state index contributed by atoms with van der Waals surface area (Å²) in [6, 6.07) is 14.2. The molecular formula is C21H19ClN2O4S2. The number of sulfonamides is 1. The Labute approximate surface area is 184 Å². The molecule has 0 aliphatic rings. The molecule has 0 bridgehead atoms. The number of nitrogens with zero attached hydrogens (tertiary/aromatic N) is 1. The summed E-state index contributed by atoms with van der Waals surface area (Å²) >= 11 is 6.96. The second-order valence-electron chi connectivity index (χ2n) is 5.66. The van der Waals surface area contributed by atoms with Gasteiger partial charge in [0.15, 0.2) is 0 Å². The number of halogens is 1. The standard InChI is InChI=1S/C19H13ClN2O4S2.C2H6/c1-26-19(23)17-10-14(4-7-18(17)20)22-28(24,25)16-6-3-12-2-5-15(27-11-21)8-13(12)9-16;1-2/h2-10,22H,1H3;1-2H3. The van der Waals surface area contributed by atoms with E-state index >= 15 is 0 Å². The summed E-state index contributed by atoms with van der Waals surface area (Å²) in [7, 11) is -2.70. The molecule has 0 aromatic heterocycles. The Kier molecular flexibility index (Phi) is 8.12. The van der Waals surface area contributed by atoms with Crippen LogP contribution in [0.2, 0.25) is 5.02 Å². The third-order valence-corrected chi connectivity index (χ3v) is 6.17. The van der Waals surface area contributed by atoms with Crippen molar-refractivity contribution in [1.29, 1.82) is 5.26 Å². The highest BCUT2D eigenvalue weighted by Gasteiger charge is 2.17. The first-order chi connectivity index (χ1) is 14.3. The Bertz CT molecular complexity index is 1220. The molecule has 0 spiro atoms. The number of anilines is 1. The second-order valence-corrected chi connectivity index (χ2v) is 8.60. The quantitative estimate of drug-likeness (QED) is 0.297. The molecule has 0 radical (unpaired) electrons. The van der Waals surface area contributed by atoms with Gasteiger partial charge in [0.2, 0.25) is 0 Å². The molecule has 0 heterocycles. The SMILES string of the molecule is CC.COC(=O)c1cc(NS(=O)(=O)c2ccc3ccc(SC#N)cc3c2)ccc1Cl. The van der Waals surface area contributed by atoms with Crippen molar-refractivity contribution in [1.82, 2.24) is 0 Å². The first-order valence-corrected chi connectivity index (χ1v) is 11.5. The molecule has 3 rings (SSSR count). The normalized spacial score (nSPS) is 10.5. The molecule has 3 aromatic rings. The molecule has 0 fully saturated rings. The van der Waals surface area contributed by atoms with Crippen molar-refractivity contribution >= 4 is 55.8 Å². The fourth-order valence-corrected chi connectivity index (χ4v) is 4.26. The number of nitrogens with one attached hydrogen (secondary N) is 1. The van der Waals surface area contributed by atoms with Crippen LogP contribution in [0.4, 0.5) is 5.69 Å². The summed E-state index contributed by atoms with van der Waals surface area (Å²) in [6.07, 6.45) is 0. The number of thiocyanates is 1. The van der Waals surface area contributed by atoms with Gasteiger partial charge in [0.25, 0.3) is 10.0 Å². The molecule has 3 aromatic carbocycles. The number of rotatable bonds is 5. The summed E-state index contributed by atoms with van der Waals surface area (Å²) in [6.45, 7) is 4.00. The Morgan fingerprint density at radius 1 is 1.07 bits per heavy atom. The number of hydrogen-bond acceptors (Lipinski definition) is 6. The van der Waals surface area contributed by atoms with Gasteiger partial charge in [-0.2, -0.15) is 5.26 Å². The Balaban J connectivity index is 0.00000155. The lowest BCUT2D eigenvalue weighted by Crippen LogP contribution is -2.13. The van der Waals surface area contributed by atoms with Crippen LogP contribution in [0.5, 0.6) is 0 Å². The van der Waals surface area contributed by atoms with Crippen molar-refractivity contribution < 1.29 is 17.9 Å². The van der Waals surface area contributed by atoms with E-state index in [1.54, 1.807) is 18.2 Å². The first kappa shape index (κ1) is 23.5. The van der Waals surface area contributed by atoms with Crippen molar-refractivity contribution in [3.05, 3.63) is 65.2 Å². The molecule has 1 N–H and O–H groups in total. The van der Waals surface area contributed by atoms with E-state index in [1.165, 1.54) is 37.4 Å². The summed E-state index contributed by atoms with van der Waals surface area (Å²) in [5.74, 6) is -0.667. The van der Waals surface area contributed by atoms with Gasteiger partial charge in [-0.05, 0) is 65.0 Å². The van der Waals surface area contributed by atoms with Crippen LogP contribution in [0.3, 0.4) is 0 Å². The van der Waals surface area contributed by atoms with Crippen LogP contribution in [0.25, 0.3) is 10.8 Å². The number of methoxy groups -OCH3 is 1. The maximum atomic E-state index is 12.8. The maximum absolute atomic E-state index is 12.8. The van der Waals surface area contributed by atoms with E-state index in [0.29, 0.717) is 5.39 Å². The van der Waals surface area contributed by atoms with Gasteiger partial charge in [0.1, 0.15) is 5.40 Å². The third kappa shape index (κ3) is 5.45. The van der Waals surface area contributed by atoms with Gasteiger partial charge in [-0.1, -0.05) is 37.6 Å². The Hall–Kier alpha value is -2.73. The highest BCUT2D eigenvalue weighted by Crippen LogP contribution is 2.27. The van der Waals surface area contributed by atoms with E-state index in [2.05, 4.69) is 9.46 Å². The number of carbonyl (C=O) groups excluding carboxylic acids is 1. The molecular weight excluding hydrogens is 444 g/mol. The highest BCUT2D eigenvalue weighted by molar-refractivity contribution is 8.03. The largest absolute Gasteiger partial charge is 0.465 e. The molecule has 0 aliphatic carbocycles. The lowest BCUT2D eigenvalue weighted by atomic mass is 10.1. The van der Waals surface area contributed by atoms with E-state index in [0.717, 1.165) is 22.0 Å². The number of carbonyl (C=O) groups is 1. The Morgan fingerprint density at radius 2 is 1.77 bits per heavy atom. The molecule has 156 valence electrons. The number of esters is 1. The average Bonchev–Trinajstić information content (AvgIpc) is 2.75. The molecule has 30 heavy (non-hydrogen) atoms. The van der Waals surface area contributed by atoms with Crippen LogP contribution >= 0.6 is 23.4 Å². The zero-order valence-corrected chi connectivity index (χ0v) is 18.9. The molecule has 9 heteroatoms. The van der Waals surface area contributed by atoms with Crippen LogP contribution in [-0.4, -0.2) is 21.5 Å². The number of ether oxygens (including phenoxy) is 1. The first-order valence-electron chi connectivity index (χ1n) is 8.84. The van der Waals surface area contributed by atoms with Crippen molar-refractivity contribution in [2.75, 3.05) is 11.8 Å². The molecule has 0 atom stereocenters. The predicted molar refractivity (Wildman–Crippen MR) is 120 cm³/mol. The van der Waals surface area contributed by atoms with Gasteiger partial charge in [-0.15, -0.1) is 0 Å². The zero-order chi connectivity index (χ0) is 22.3. The number of benzene rings is 3. The van der Waals surface area contributed by atoms with Gasteiger partial charge in [0.05, 0.1) is 22.6 Å². The van der Waals surface area contributed by atoms with E-state index in [9.17, 15) is 13.2 Å². The van der Waals surface area contributed by atoms with E-state index in [4.69, 9.17) is 16.9 Å². The highest BCUT2D eigenvalue weighted by atomic mass is 35.5. The minimum Gasteiger partial charge on any atom is -0.465 e. The van der Waals surface area contributed by atoms with E-state index in [1.807, 2.05) is 25.3 Å². The second kappa shape index (κ2) is 10.3. The molecule has 0 amide bonds. The summed E-state index contributed by atoms with van der Waals surface area (Å²) in [5.41, 5.74) is 0.236. The number of hydrogen-bond donors (Lipinski definition) is 1. The van der Waals surface area contributed by atoms with Crippen molar-refractivity contribution in [3.63, 3.8) is 0 Å². The monoisotopic (exact) mass is 462 g/mol. The van der Waals surface area contributed by atoms with Crippen LogP contribution in [0, 0.1) is 10.7 Å². The average molecular weight is 463 g/mol. The fraction of sp³-hybridized carbons (Fsp3) is 0.143. The number of thioether (sulfide) groups is 1.